The zero-order valence-corrected chi connectivity index (χ0v) is 8.24. The standard InChI is InChI=1S/C9H13FN2S/c10-9(2-1-3-11-6-9)4-8-5-12-7-13-8/h5,7,11H,1-4,6H2. The zero-order valence-electron chi connectivity index (χ0n) is 7.42. The van der Waals surface area contributed by atoms with Gasteiger partial charge in [-0.1, -0.05) is 0 Å². The summed E-state index contributed by atoms with van der Waals surface area (Å²) in [6.07, 6.45) is 3.90. The molecule has 0 aliphatic carbocycles. The predicted octanol–water partition coefficient (Wildman–Crippen LogP) is 1.78. The summed E-state index contributed by atoms with van der Waals surface area (Å²) in [5, 5.41) is 3.10. The highest BCUT2D eigenvalue weighted by atomic mass is 32.1. The van der Waals surface area contributed by atoms with Gasteiger partial charge in [-0.3, -0.25) is 4.98 Å². The number of alkyl halides is 1. The molecule has 1 aliphatic heterocycles. The van der Waals surface area contributed by atoms with Crippen LogP contribution in [-0.4, -0.2) is 23.7 Å². The Labute approximate surface area is 81.2 Å². The summed E-state index contributed by atoms with van der Waals surface area (Å²) in [7, 11) is 0. The Morgan fingerprint density at radius 1 is 1.69 bits per heavy atom. The molecule has 4 heteroatoms. The Bertz CT molecular complexity index is 255. The number of nitrogens with one attached hydrogen (secondary N) is 1. The van der Waals surface area contributed by atoms with Gasteiger partial charge in [-0.05, 0) is 19.4 Å². The van der Waals surface area contributed by atoms with Crippen molar-refractivity contribution in [2.45, 2.75) is 24.9 Å². The second kappa shape index (κ2) is 3.72. The molecule has 0 bridgehead atoms. The van der Waals surface area contributed by atoms with Gasteiger partial charge in [0.15, 0.2) is 0 Å². The maximum Gasteiger partial charge on any atom is 0.128 e. The van der Waals surface area contributed by atoms with Gasteiger partial charge in [-0.2, -0.15) is 0 Å². The van der Waals surface area contributed by atoms with Crippen LogP contribution in [0.1, 0.15) is 17.7 Å². The first kappa shape index (κ1) is 9.09. The third-order valence-electron chi connectivity index (χ3n) is 2.39. The van der Waals surface area contributed by atoms with E-state index < -0.39 is 5.67 Å². The molecule has 0 saturated carbocycles. The van der Waals surface area contributed by atoms with Crippen LogP contribution < -0.4 is 5.32 Å². The van der Waals surface area contributed by atoms with Crippen LogP contribution in [0.2, 0.25) is 0 Å². The van der Waals surface area contributed by atoms with Crippen LogP contribution in [0.25, 0.3) is 0 Å². The van der Waals surface area contributed by atoms with Crippen molar-refractivity contribution in [2.24, 2.45) is 0 Å². The van der Waals surface area contributed by atoms with Crippen molar-refractivity contribution in [3.8, 4) is 0 Å². The summed E-state index contributed by atoms with van der Waals surface area (Å²) >= 11 is 1.54. The van der Waals surface area contributed by atoms with Gasteiger partial charge < -0.3 is 5.32 Å². The number of rotatable bonds is 2. The van der Waals surface area contributed by atoms with E-state index in [-0.39, 0.29) is 0 Å². The number of hydrogen-bond donors (Lipinski definition) is 1. The summed E-state index contributed by atoms with van der Waals surface area (Å²) in [5.41, 5.74) is 0.722. The van der Waals surface area contributed by atoms with Crippen LogP contribution in [0.5, 0.6) is 0 Å². The lowest BCUT2D eigenvalue weighted by atomic mass is 9.92. The monoisotopic (exact) mass is 200 g/mol. The van der Waals surface area contributed by atoms with Crippen LogP contribution in [0, 0.1) is 0 Å². The van der Waals surface area contributed by atoms with Gasteiger partial charge in [0.2, 0.25) is 0 Å². The highest BCUT2D eigenvalue weighted by Gasteiger charge is 2.32. The molecule has 2 rings (SSSR count). The SMILES string of the molecule is FC1(Cc2cncs2)CCCNC1. The van der Waals surface area contributed by atoms with Crippen molar-refractivity contribution in [1.82, 2.24) is 10.3 Å². The van der Waals surface area contributed by atoms with Crippen molar-refractivity contribution in [1.29, 1.82) is 0 Å². The smallest absolute Gasteiger partial charge is 0.128 e. The number of aromatic nitrogens is 1. The largest absolute Gasteiger partial charge is 0.314 e. The van der Waals surface area contributed by atoms with Crippen molar-refractivity contribution in [2.75, 3.05) is 13.1 Å². The van der Waals surface area contributed by atoms with E-state index in [0.717, 1.165) is 17.8 Å². The van der Waals surface area contributed by atoms with Crippen molar-refractivity contribution in [3.63, 3.8) is 0 Å². The van der Waals surface area contributed by atoms with Crippen LogP contribution >= 0.6 is 11.3 Å². The minimum atomic E-state index is -1.04. The number of thiazole rings is 1. The summed E-state index contributed by atoms with van der Waals surface area (Å²) < 4.78 is 14.1. The Hall–Kier alpha value is -0.480. The van der Waals surface area contributed by atoms with Crippen LogP contribution in [0.4, 0.5) is 4.39 Å². The van der Waals surface area contributed by atoms with Gasteiger partial charge >= 0.3 is 0 Å². The molecule has 1 aliphatic rings. The Balaban J connectivity index is 1.99. The van der Waals surface area contributed by atoms with Gasteiger partial charge in [0.1, 0.15) is 5.67 Å². The maximum atomic E-state index is 14.1. The highest BCUT2D eigenvalue weighted by Crippen LogP contribution is 2.26. The first-order valence-electron chi connectivity index (χ1n) is 4.56. The van der Waals surface area contributed by atoms with Crippen LogP contribution in [-0.2, 0) is 6.42 Å². The van der Waals surface area contributed by atoms with Crippen LogP contribution in [0.3, 0.4) is 0 Å². The summed E-state index contributed by atoms with van der Waals surface area (Å²) in [5.74, 6) is 0. The van der Waals surface area contributed by atoms with Gasteiger partial charge in [-0.25, -0.2) is 4.39 Å². The second-order valence-corrected chi connectivity index (χ2v) is 4.55. The first-order chi connectivity index (χ1) is 6.29. The molecule has 1 aromatic rings. The molecule has 1 unspecified atom stereocenters. The molecule has 1 saturated heterocycles. The molecule has 0 radical (unpaired) electrons. The molecular formula is C9H13FN2S. The maximum absolute atomic E-state index is 14.1. The molecule has 1 aromatic heterocycles. The fraction of sp³-hybridized carbons (Fsp3) is 0.667. The van der Waals surface area contributed by atoms with Crippen LogP contribution in [0.15, 0.2) is 11.7 Å². The normalized spacial score (nSPS) is 29.0. The average molecular weight is 200 g/mol. The van der Waals surface area contributed by atoms with Crippen molar-refractivity contribution < 1.29 is 4.39 Å². The molecule has 72 valence electrons. The van der Waals surface area contributed by atoms with E-state index in [1.807, 2.05) is 0 Å². The number of piperidine rings is 1. The molecule has 2 heterocycles. The lowest BCUT2D eigenvalue weighted by molar-refractivity contribution is 0.123. The third kappa shape index (κ3) is 2.25. The molecule has 13 heavy (non-hydrogen) atoms. The second-order valence-electron chi connectivity index (χ2n) is 3.58. The lowest BCUT2D eigenvalue weighted by Crippen LogP contribution is -2.43. The van der Waals surface area contributed by atoms with E-state index in [2.05, 4.69) is 10.3 Å². The van der Waals surface area contributed by atoms with E-state index in [1.165, 1.54) is 11.3 Å². The summed E-state index contributed by atoms with van der Waals surface area (Å²) in [4.78, 5) is 5.00. The predicted molar refractivity (Wildman–Crippen MR) is 51.8 cm³/mol. The number of halogens is 1. The van der Waals surface area contributed by atoms with E-state index >= 15 is 0 Å². The third-order valence-corrected chi connectivity index (χ3v) is 3.17. The van der Waals surface area contributed by atoms with Crippen molar-refractivity contribution >= 4 is 11.3 Å². The minimum absolute atomic E-state index is 0.491. The summed E-state index contributed by atoms with van der Waals surface area (Å²) in [6, 6.07) is 0. The molecule has 1 atom stereocenters. The average Bonchev–Trinajstić information content (AvgIpc) is 2.57. The number of nitrogens with zero attached hydrogens (tertiary/aromatic N) is 1. The topological polar surface area (TPSA) is 24.9 Å². The molecule has 1 fully saturated rings. The lowest BCUT2D eigenvalue weighted by Gasteiger charge is -2.29. The van der Waals surface area contributed by atoms with Crippen molar-refractivity contribution in [3.05, 3.63) is 16.6 Å². The molecule has 2 nitrogen and oxygen atoms in total. The fourth-order valence-electron chi connectivity index (χ4n) is 1.72. The minimum Gasteiger partial charge on any atom is -0.314 e. The van der Waals surface area contributed by atoms with Gasteiger partial charge in [-0.15, -0.1) is 11.3 Å². The zero-order chi connectivity index (χ0) is 9.15. The quantitative estimate of drug-likeness (QED) is 0.787. The molecule has 0 aromatic carbocycles. The van der Waals surface area contributed by atoms with E-state index in [9.17, 15) is 4.39 Å². The van der Waals surface area contributed by atoms with E-state index in [1.54, 1.807) is 11.7 Å². The molecule has 1 N–H and O–H groups in total. The molecular weight excluding hydrogens is 187 g/mol. The number of hydrogen-bond acceptors (Lipinski definition) is 3. The molecule has 0 amide bonds. The first-order valence-corrected chi connectivity index (χ1v) is 5.43. The Morgan fingerprint density at radius 3 is 3.23 bits per heavy atom. The van der Waals surface area contributed by atoms with Gasteiger partial charge in [0, 0.05) is 24.0 Å². The fourth-order valence-corrected chi connectivity index (χ4v) is 2.44. The van der Waals surface area contributed by atoms with E-state index in [0.29, 0.717) is 19.4 Å². The molecule has 0 spiro atoms. The van der Waals surface area contributed by atoms with Gasteiger partial charge in [0.25, 0.3) is 0 Å². The Kier molecular flexibility index (Phi) is 2.60. The summed E-state index contributed by atoms with van der Waals surface area (Å²) in [6.45, 7) is 1.44. The highest BCUT2D eigenvalue weighted by molar-refractivity contribution is 7.09. The van der Waals surface area contributed by atoms with E-state index in [4.69, 9.17) is 0 Å². The van der Waals surface area contributed by atoms with Gasteiger partial charge in [0.05, 0.1) is 5.51 Å². The Morgan fingerprint density at radius 2 is 2.62 bits per heavy atom.